The van der Waals surface area contributed by atoms with E-state index in [1.165, 1.54) is 44.5 Å². The third-order valence-electron chi connectivity index (χ3n) is 10.5. The van der Waals surface area contributed by atoms with E-state index in [-0.39, 0.29) is 0 Å². The zero-order chi connectivity index (χ0) is 71.3. The van der Waals surface area contributed by atoms with Crippen LogP contribution in [0, 0.1) is 55.4 Å². The lowest BCUT2D eigenvalue weighted by molar-refractivity contribution is -0.379. The molecule has 0 fully saturated rings. The number of Topliss-reactive ketones (excluding diaryl/α,β-unsaturated/α-hetero) is 10. The van der Waals surface area contributed by atoms with E-state index in [0.717, 1.165) is 0 Å². The highest BCUT2D eigenvalue weighted by molar-refractivity contribution is 6.58. The zero-order valence-electron chi connectivity index (χ0n) is 48.1. The molecule has 0 spiro atoms. The second-order valence-electron chi connectivity index (χ2n) is 18.2. The Morgan fingerprint density at radius 3 is 0.446 bits per heavy atom. The van der Waals surface area contributed by atoms with Crippen LogP contribution >= 0.6 is 116 Å². The van der Waals surface area contributed by atoms with Crippen molar-refractivity contribution in [2.75, 3.05) is 0 Å². The SMILES string of the molecule is Cc1c[nH+]cc(C)c1.Cc1c[nH+]cc(C)c1.Cc1c[nH+]cc(C)c1.Cc1c[nH+]cc(C)c1.O=C1C(O)=C(Cl)C(=O)C(O)=C1Cl.O=C1C(O)=C(Cl)C(=O)C([O-])=C1Cl.O=C1C(O)=C(Cl)C(=O)C([O-])=C1Cl.O=C1C(O)=C(Cl)C(=O)C([O-])=C1Cl.O=C1C(O)=C(Cl)C(=O)C([O-])=C1Cl. The van der Waals surface area contributed by atoms with E-state index in [4.69, 9.17) is 147 Å². The van der Waals surface area contributed by atoms with Gasteiger partial charge in [-0.15, -0.1) is 0 Å². The van der Waals surface area contributed by atoms with Crippen molar-refractivity contribution in [3.8, 4) is 0 Å². The molecule has 9 rings (SSSR count). The van der Waals surface area contributed by atoms with Crippen molar-refractivity contribution in [2.45, 2.75) is 55.4 Å². The van der Waals surface area contributed by atoms with Gasteiger partial charge in [0.05, 0.1) is 20.1 Å². The van der Waals surface area contributed by atoms with Crippen LogP contribution in [0.15, 0.2) is 182 Å². The molecule has 0 atom stereocenters. The molecule has 34 heteroatoms. The molecule has 0 amide bonds. The topological polar surface area (TPSA) is 441 Å². The van der Waals surface area contributed by atoms with Crippen molar-refractivity contribution in [3.63, 3.8) is 0 Å². The van der Waals surface area contributed by atoms with Gasteiger partial charge in [-0.05, 0) is 103 Å². The first kappa shape index (κ1) is 81.6. The van der Waals surface area contributed by atoms with Crippen LogP contribution in [0.1, 0.15) is 44.5 Å². The fraction of sp³-hybridized carbons (Fsp3) is 0.138. The summed E-state index contributed by atoms with van der Waals surface area (Å²) in [4.78, 5) is 120. The predicted octanol–water partition coefficient (Wildman–Crippen LogP) is 5.45. The number of aromatic nitrogens is 4. The lowest BCUT2D eigenvalue weighted by Crippen LogP contribution is -2.26. The highest BCUT2D eigenvalue weighted by Crippen LogP contribution is 2.29. The molecule has 488 valence electrons. The number of pyridine rings is 4. The number of allylic oxidation sites excluding steroid dienone is 10. The van der Waals surface area contributed by atoms with Crippen LogP contribution < -0.4 is 40.4 Å². The van der Waals surface area contributed by atoms with Crippen molar-refractivity contribution in [2.24, 2.45) is 0 Å². The largest absolute Gasteiger partial charge is 0.869 e. The Morgan fingerprint density at radius 2 is 0.337 bits per heavy atom. The number of aliphatic hydroxyl groups is 6. The number of hydrogen-bond donors (Lipinski definition) is 6. The van der Waals surface area contributed by atoms with E-state index in [1.54, 1.807) is 0 Å². The Kier molecular flexibility index (Phi) is 33.0. The van der Waals surface area contributed by atoms with E-state index in [9.17, 15) is 68.4 Å². The normalized spacial score (nSPS) is 15.7. The molecule has 0 aromatic carbocycles. The Morgan fingerprint density at radius 1 is 0.228 bits per heavy atom. The van der Waals surface area contributed by atoms with Crippen molar-refractivity contribution >= 4 is 174 Å². The molecule has 0 radical (unpaired) electrons. The van der Waals surface area contributed by atoms with Gasteiger partial charge in [0.25, 0.3) is 0 Å². The molecule has 10 N–H and O–H groups in total. The second kappa shape index (κ2) is 37.2. The minimum atomic E-state index is -1.19. The maximum Gasteiger partial charge on any atom is 0.244 e. The van der Waals surface area contributed by atoms with Gasteiger partial charge in [-0.25, -0.2) is 19.9 Å². The Hall–Kier alpha value is -8.40. The lowest BCUT2D eigenvalue weighted by atomic mass is 10.1. The zero-order valence-corrected chi connectivity index (χ0v) is 55.7. The van der Waals surface area contributed by atoms with Crippen LogP contribution in [0.3, 0.4) is 0 Å². The average molecular weight is 1470 g/mol. The number of carbonyl (C=O) groups is 10. The van der Waals surface area contributed by atoms with Gasteiger partial charge in [-0.2, -0.15) is 0 Å². The summed E-state index contributed by atoms with van der Waals surface area (Å²) < 4.78 is 0. The smallest absolute Gasteiger partial charge is 0.244 e. The summed E-state index contributed by atoms with van der Waals surface area (Å²) >= 11 is 51.4. The van der Waals surface area contributed by atoms with E-state index in [2.05, 4.69) is 99.6 Å². The fourth-order valence-electron chi connectivity index (χ4n) is 6.06. The highest BCUT2D eigenvalue weighted by Gasteiger charge is 2.34. The lowest BCUT2D eigenvalue weighted by Gasteiger charge is -2.17. The number of aromatic amines is 4. The van der Waals surface area contributed by atoms with Gasteiger partial charge < -0.3 is 51.1 Å². The molecule has 4 aromatic heterocycles. The van der Waals surface area contributed by atoms with Crippen molar-refractivity contribution in [3.05, 3.63) is 226 Å². The van der Waals surface area contributed by atoms with Gasteiger partial charge in [0, 0.05) is 44.5 Å². The van der Waals surface area contributed by atoms with Crippen molar-refractivity contribution < 1.29 is 119 Å². The first-order valence-electron chi connectivity index (χ1n) is 24.5. The molecule has 5 aliphatic rings. The summed E-state index contributed by atoms with van der Waals surface area (Å²) in [6.07, 6.45) is 15.8. The van der Waals surface area contributed by atoms with Gasteiger partial charge in [-0.1, -0.05) is 116 Å². The van der Waals surface area contributed by atoms with Gasteiger partial charge in [0.2, 0.25) is 34.7 Å². The summed E-state index contributed by atoms with van der Waals surface area (Å²) in [6, 6.07) is 8.54. The van der Waals surface area contributed by atoms with Gasteiger partial charge >= 0.3 is 0 Å². The molecular weight excluding hydrogens is 1430 g/mol. The molecular formula is C58H46Cl10N4O20. The van der Waals surface area contributed by atoms with Crippen LogP contribution in [0.4, 0.5) is 0 Å². The summed E-state index contributed by atoms with van der Waals surface area (Å²) in [5.41, 5.74) is 10.3. The molecule has 0 unspecified atom stereocenters. The monoisotopic (exact) mass is 1470 g/mol. The molecule has 4 heterocycles. The molecule has 5 aliphatic carbocycles. The maximum absolute atomic E-state index is 10.8. The molecule has 0 bridgehead atoms. The molecule has 24 nitrogen and oxygen atoms in total. The standard InChI is InChI=1S/4C7H9N.5C6H2Cl2O4/c4*1-6-3-7(2)5-8-4-6;5*7-1-3(9)5(11)2(8)6(12)4(1)10/h4*3-5H,1-2H3;5*9,12H. The van der Waals surface area contributed by atoms with Crippen LogP contribution in [-0.4, -0.2) is 88.5 Å². The average Bonchev–Trinajstić information content (AvgIpc) is 0.895. The number of aliphatic hydroxyl groups excluding tert-OH is 6. The first-order valence-corrected chi connectivity index (χ1v) is 28.3. The van der Waals surface area contributed by atoms with Crippen molar-refractivity contribution in [1.29, 1.82) is 0 Å². The molecule has 0 saturated carbocycles. The number of hydrogen-bond acceptors (Lipinski definition) is 20. The summed E-state index contributed by atoms with van der Waals surface area (Å²) in [6.45, 7) is 16.6. The minimum Gasteiger partial charge on any atom is -0.869 e. The first-order chi connectivity index (χ1) is 42.5. The molecule has 0 aliphatic heterocycles. The van der Waals surface area contributed by atoms with Gasteiger partial charge in [-0.3, -0.25) is 47.9 Å². The van der Waals surface area contributed by atoms with E-state index in [0.29, 0.717) is 0 Å². The van der Waals surface area contributed by atoms with Crippen LogP contribution in [-0.2, 0) is 47.9 Å². The van der Waals surface area contributed by atoms with Crippen LogP contribution in [0.5, 0.6) is 0 Å². The fourth-order valence-corrected chi connectivity index (χ4v) is 7.80. The third-order valence-corrected chi connectivity index (χ3v) is 13.9. The predicted molar refractivity (Wildman–Crippen MR) is 325 cm³/mol. The third kappa shape index (κ3) is 23.1. The number of H-pyrrole nitrogens is 4. The van der Waals surface area contributed by atoms with Crippen LogP contribution in [0.2, 0.25) is 0 Å². The maximum atomic E-state index is 10.8. The summed E-state index contributed by atoms with van der Waals surface area (Å²) in [7, 11) is 0. The minimum absolute atomic E-state index is 0.720. The van der Waals surface area contributed by atoms with Gasteiger partial charge in [0.1, 0.15) is 30.2 Å². The summed E-state index contributed by atoms with van der Waals surface area (Å²) in [5, 5.41) is 88.0. The number of carbonyl (C=O) groups excluding carboxylic acids is 10. The number of halogens is 10. The van der Waals surface area contributed by atoms with E-state index < -0.39 is 166 Å². The second-order valence-corrected chi connectivity index (χ2v) is 22.0. The Labute approximate surface area is 570 Å². The Bertz CT molecular complexity index is 3120. The summed E-state index contributed by atoms with van der Waals surface area (Å²) in [5.74, 6) is -21.8. The Balaban J connectivity index is 0.000000520. The highest BCUT2D eigenvalue weighted by atomic mass is 35.5. The number of aryl methyl sites for hydroxylation is 8. The van der Waals surface area contributed by atoms with Crippen LogP contribution in [0.25, 0.3) is 0 Å². The molecule has 0 saturated heterocycles. The molecule has 4 aromatic rings. The van der Waals surface area contributed by atoms with Gasteiger partial charge in [0.15, 0.2) is 107 Å². The quantitative estimate of drug-likeness (QED) is 0.119. The number of rotatable bonds is 0. The van der Waals surface area contributed by atoms with E-state index >= 15 is 0 Å². The molecule has 92 heavy (non-hydrogen) atoms. The number of nitrogens with one attached hydrogen (secondary N) is 4. The number of ketones is 10. The van der Waals surface area contributed by atoms with Crippen molar-refractivity contribution in [1.82, 2.24) is 0 Å². The van der Waals surface area contributed by atoms with E-state index in [1.807, 2.05) is 49.6 Å².